The van der Waals surface area contributed by atoms with Gasteiger partial charge in [-0.1, -0.05) is 30.3 Å². The van der Waals surface area contributed by atoms with Crippen molar-refractivity contribution in [2.45, 2.75) is 0 Å². The fourth-order valence-electron chi connectivity index (χ4n) is 1.10. The van der Waals surface area contributed by atoms with E-state index >= 15 is 0 Å². The highest BCUT2D eigenvalue weighted by Gasteiger charge is 1.96. The molecule has 0 amide bonds. The van der Waals surface area contributed by atoms with E-state index < -0.39 is 0 Å². The number of aryl methyl sites for hydroxylation is 1. The van der Waals surface area contributed by atoms with Crippen LogP contribution in [0.5, 0.6) is 0 Å². The van der Waals surface area contributed by atoms with Crippen molar-refractivity contribution < 1.29 is 4.68 Å². The zero-order chi connectivity index (χ0) is 9.80. The van der Waals surface area contributed by atoms with Gasteiger partial charge in [-0.25, -0.2) is 0 Å². The van der Waals surface area contributed by atoms with Gasteiger partial charge in [0.25, 0.3) is 6.33 Å². The van der Waals surface area contributed by atoms with E-state index in [1.165, 1.54) is 0 Å². The first-order chi connectivity index (χ1) is 6.84. The van der Waals surface area contributed by atoms with E-state index in [0.717, 1.165) is 5.56 Å². The normalized spacial score (nSPS) is 10.9. The second kappa shape index (κ2) is 3.83. The average molecular weight is 187 g/mol. The smallest absolute Gasteiger partial charge is 0.116 e. The maximum atomic E-state index is 4.21. The summed E-state index contributed by atoms with van der Waals surface area (Å²) < 4.78 is 3.36. The van der Waals surface area contributed by atoms with Gasteiger partial charge in [0, 0.05) is 5.10 Å². The summed E-state index contributed by atoms with van der Waals surface area (Å²) in [5.74, 6) is 0. The molecule has 0 spiro atoms. The summed E-state index contributed by atoms with van der Waals surface area (Å²) in [7, 11) is 1.86. The van der Waals surface area contributed by atoms with Crippen LogP contribution in [0.15, 0.2) is 48.1 Å². The molecule has 14 heavy (non-hydrogen) atoms. The van der Waals surface area contributed by atoms with Gasteiger partial charge in [0.1, 0.15) is 0 Å². The number of hydrogen-bond donors (Lipinski definition) is 0. The molecule has 0 aliphatic carbocycles. The lowest BCUT2D eigenvalue weighted by Gasteiger charge is -1.87. The first kappa shape index (κ1) is 8.62. The number of rotatable bonds is 2. The van der Waals surface area contributed by atoms with E-state index in [1.807, 2.05) is 37.4 Å². The largest absolute Gasteiger partial charge is 0.288 e. The van der Waals surface area contributed by atoms with Gasteiger partial charge in [-0.3, -0.25) is 0 Å². The zero-order valence-corrected chi connectivity index (χ0v) is 7.91. The molecular weight excluding hydrogens is 176 g/mol. The van der Waals surface area contributed by atoms with Crippen molar-refractivity contribution in [1.29, 1.82) is 0 Å². The van der Waals surface area contributed by atoms with Crippen LogP contribution in [0.3, 0.4) is 0 Å². The molecule has 4 nitrogen and oxygen atoms in total. The van der Waals surface area contributed by atoms with Crippen molar-refractivity contribution >= 4 is 6.21 Å². The van der Waals surface area contributed by atoms with E-state index in [4.69, 9.17) is 0 Å². The van der Waals surface area contributed by atoms with Gasteiger partial charge in [0.2, 0.25) is 6.33 Å². The first-order valence-electron chi connectivity index (χ1n) is 4.34. The Morgan fingerprint density at radius 1 is 1.36 bits per heavy atom. The Kier molecular flexibility index (Phi) is 2.36. The first-order valence-corrected chi connectivity index (χ1v) is 4.34. The number of nitrogens with zero attached hydrogens (tertiary/aromatic N) is 4. The lowest BCUT2D eigenvalue weighted by atomic mass is 10.2. The van der Waals surface area contributed by atoms with Gasteiger partial charge in [0.05, 0.1) is 13.3 Å². The van der Waals surface area contributed by atoms with Gasteiger partial charge in [0.15, 0.2) is 0 Å². The predicted molar refractivity (Wildman–Crippen MR) is 52.8 cm³/mol. The summed E-state index contributed by atoms with van der Waals surface area (Å²) in [6.45, 7) is 0. The summed E-state index contributed by atoms with van der Waals surface area (Å²) >= 11 is 0. The molecule has 1 heterocycles. The SMILES string of the molecule is Cn1c[n+](/N=C\c2ccccc2)cn1. The maximum Gasteiger partial charge on any atom is 0.288 e. The van der Waals surface area contributed by atoms with Crippen LogP contribution in [0.25, 0.3) is 0 Å². The monoisotopic (exact) mass is 187 g/mol. The Bertz CT molecular complexity index is 430. The van der Waals surface area contributed by atoms with Crippen molar-refractivity contribution in [3.63, 3.8) is 0 Å². The van der Waals surface area contributed by atoms with Crippen LogP contribution < -0.4 is 4.68 Å². The second-order valence-electron chi connectivity index (χ2n) is 2.96. The van der Waals surface area contributed by atoms with Gasteiger partial charge in [-0.05, 0) is 5.56 Å². The molecular formula is C10H11N4+. The van der Waals surface area contributed by atoms with Crippen LogP contribution in [0.4, 0.5) is 0 Å². The van der Waals surface area contributed by atoms with Crippen molar-refractivity contribution in [3.8, 4) is 0 Å². The Hall–Kier alpha value is -1.97. The third-order valence-corrected chi connectivity index (χ3v) is 1.78. The quantitative estimate of drug-likeness (QED) is 0.500. The molecule has 1 aromatic heterocycles. The molecule has 0 fully saturated rings. The molecule has 0 bridgehead atoms. The van der Waals surface area contributed by atoms with Gasteiger partial charge in [-0.15, -0.1) is 14.5 Å². The molecule has 2 aromatic rings. The third kappa shape index (κ3) is 2.04. The highest BCUT2D eigenvalue weighted by molar-refractivity contribution is 5.78. The third-order valence-electron chi connectivity index (χ3n) is 1.78. The molecule has 1 aromatic carbocycles. The number of aromatic nitrogens is 3. The summed E-state index contributed by atoms with van der Waals surface area (Å²) in [4.78, 5) is 0. The summed E-state index contributed by atoms with van der Waals surface area (Å²) in [5, 5.41) is 8.20. The van der Waals surface area contributed by atoms with Crippen LogP contribution >= 0.6 is 0 Å². The van der Waals surface area contributed by atoms with E-state index in [-0.39, 0.29) is 0 Å². The van der Waals surface area contributed by atoms with E-state index in [1.54, 1.807) is 28.2 Å². The lowest BCUT2D eigenvalue weighted by Crippen LogP contribution is -2.24. The van der Waals surface area contributed by atoms with Crippen molar-refractivity contribution in [1.82, 2.24) is 9.78 Å². The summed E-state index contributed by atoms with van der Waals surface area (Å²) in [5.41, 5.74) is 1.07. The van der Waals surface area contributed by atoms with Crippen LogP contribution in [-0.2, 0) is 7.05 Å². The molecule has 0 radical (unpaired) electrons. The summed E-state index contributed by atoms with van der Waals surface area (Å²) in [6, 6.07) is 9.94. The highest BCUT2D eigenvalue weighted by atomic mass is 15.5. The van der Waals surface area contributed by atoms with E-state index in [9.17, 15) is 0 Å². The molecule has 0 saturated heterocycles. The second-order valence-corrected chi connectivity index (χ2v) is 2.96. The predicted octanol–water partition coefficient (Wildman–Crippen LogP) is 0.590. The Balaban J connectivity index is 2.15. The molecule has 0 unspecified atom stereocenters. The van der Waals surface area contributed by atoms with Crippen LogP contribution in [0, 0.1) is 0 Å². The number of hydrogen-bond acceptors (Lipinski definition) is 2. The Morgan fingerprint density at radius 2 is 2.14 bits per heavy atom. The minimum absolute atomic E-state index is 1.07. The van der Waals surface area contributed by atoms with Crippen molar-refractivity contribution in [3.05, 3.63) is 48.5 Å². The van der Waals surface area contributed by atoms with Gasteiger partial charge >= 0.3 is 0 Å². The Morgan fingerprint density at radius 3 is 2.79 bits per heavy atom. The Labute approximate surface area is 82.1 Å². The van der Waals surface area contributed by atoms with Gasteiger partial charge < -0.3 is 0 Å². The van der Waals surface area contributed by atoms with Crippen molar-refractivity contribution in [2.75, 3.05) is 0 Å². The fraction of sp³-hybridized carbons (Fsp3) is 0.100. The van der Waals surface area contributed by atoms with E-state index in [0.29, 0.717) is 0 Å². The molecule has 0 aliphatic heterocycles. The summed E-state index contributed by atoms with van der Waals surface area (Å²) in [6.07, 6.45) is 5.24. The highest BCUT2D eigenvalue weighted by Crippen LogP contribution is 1.92. The molecule has 70 valence electrons. The van der Waals surface area contributed by atoms with E-state index in [2.05, 4.69) is 10.2 Å². The maximum absolute atomic E-state index is 4.21. The van der Waals surface area contributed by atoms with Crippen LogP contribution in [0.1, 0.15) is 5.56 Å². The van der Waals surface area contributed by atoms with Crippen LogP contribution in [-0.4, -0.2) is 16.0 Å². The molecule has 4 heteroatoms. The molecule has 0 aliphatic rings. The average Bonchev–Trinajstić information content (AvgIpc) is 2.63. The standard InChI is InChI=1S/C10H11N4/c1-13-9-14(8-12-13)11-7-10-5-3-2-4-6-10/h2-9H,1H3/q+1/b11-7-. The minimum Gasteiger partial charge on any atom is -0.116 e. The minimum atomic E-state index is 1.07. The van der Waals surface area contributed by atoms with Crippen LogP contribution in [0.2, 0.25) is 0 Å². The zero-order valence-electron chi connectivity index (χ0n) is 7.91. The molecule has 0 saturated carbocycles. The van der Waals surface area contributed by atoms with Gasteiger partial charge in [-0.2, -0.15) is 0 Å². The lowest BCUT2D eigenvalue weighted by molar-refractivity contribution is -0.679. The fourth-order valence-corrected chi connectivity index (χ4v) is 1.10. The topological polar surface area (TPSA) is 34.1 Å². The van der Waals surface area contributed by atoms with Crippen molar-refractivity contribution in [2.24, 2.45) is 12.1 Å². The molecule has 0 N–H and O–H groups in total. The molecule has 0 atom stereocenters. The molecule has 2 rings (SSSR count). The number of benzene rings is 1.